The number of carboxylic acids is 1. The van der Waals surface area contributed by atoms with E-state index in [1.165, 1.54) is 19.2 Å². The van der Waals surface area contributed by atoms with Gasteiger partial charge < -0.3 is 20.7 Å². The van der Waals surface area contributed by atoms with Crippen molar-refractivity contribution in [1.82, 2.24) is 0 Å². The van der Waals surface area contributed by atoms with Crippen LogP contribution in [0, 0.1) is 5.92 Å². The minimum atomic E-state index is -4.63. The van der Waals surface area contributed by atoms with Gasteiger partial charge in [0.1, 0.15) is 5.75 Å². The number of aliphatic hydroxyl groups excluding tert-OH is 1. The van der Waals surface area contributed by atoms with Gasteiger partial charge in [-0.2, -0.15) is 13.2 Å². The van der Waals surface area contributed by atoms with Gasteiger partial charge in [-0.1, -0.05) is 18.2 Å². The Morgan fingerprint density at radius 1 is 1.19 bits per heavy atom. The van der Waals surface area contributed by atoms with E-state index in [2.05, 4.69) is 0 Å². The maximum Gasteiger partial charge on any atom is 0.416 e. The van der Waals surface area contributed by atoms with Crippen LogP contribution in [0.3, 0.4) is 0 Å². The van der Waals surface area contributed by atoms with E-state index in [1.807, 2.05) is 0 Å². The summed E-state index contributed by atoms with van der Waals surface area (Å²) in [4.78, 5) is 11.6. The number of aliphatic hydroxyl groups is 1. The lowest BCUT2D eigenvalue weighted by atomic mass is 9.80. The zero-order valence-electron chi connectivity index (χ0n) is 14.5. The summed E-state index contributed by atoms with van der Waals surface area (Å²) < 4.78 is 45.2. The van der Waals surface area contributed by atoms with Crippen molar-refractivity contribution in [1.29, 1.82) is 0 Å². The lowest BCUT2D eigenvalue weighted by Crippen LogP contribution is -2.28. The van der Waals surface area contributed by atoms with Crippen LogP contribution in [0.25, 0.3) is 0 Å². The lowest BCUT2D eigenvalue weighted by molar-refractivity contribution is -0.144. The second kappa shape index (κ2) is 8.30. The van der Waals surface area contributed by atoms with Crippen LogP contribution in [0.5, 0.6) is 5.75 Å². The minimum Gasteiger partial charge on any atom is -0.497 e. The number of ether oxygens (including phenoxy) is 1. The molecule has 2 aromatic carbocycles. The number of anilines is 1. The lowest BCUT2D eigenvalue weighted by Gasteiger charge is -2.25. The highest BCUT2D eigenvalue weighted by Gasteiger charge is 2.37. The largest absolute Gasteiger partial charge is 0.497 e. The number of carboxylic acid groups (broad SMARTS) is 1. The van der Waals surface area contributed by atoms with Crippen LogP contribution >= 0.6 is 0 Å². The third-order valence-electron chi connectivity index (χ3n) is 4.49. The number of aliphatic carboxylic acids is 1. The van der Waals surface area contributed by atoms with E-state index in [4.69, 9.17) is 10.5 Å². The molecule has 2 unspecified atom stereocenters. The summed E-state index contributed by atoms with van der Waals surface area (Å²) >= 11 is 0. The highest BCUT2D eigenvalue weighted by molar-refractivity contribution is 5.72. The Morgan fingerprint density at radius 2 is 1.81 bits per heavy atom. The molecule has 0 fully saturated rings. The fourth-order valence-corrected chi connectivity index (χ4v) is 3.04. The van der Waals surface area contributed by atoms with Crippen LogP contribution in [0.15, 0.2) is 42.5 Å². The Balaban J connectivity index is 2.54. The summed E-state index contributed by atoms with van der Waals surface area (Å²) in [6.45, 7) is -0.722. The van der Waals surface area contributed by atoms with Gasteiger partial charge in [0.15, 0.2) is 0 Å². The monoisotopic (exact) mass is 383 g/mol. The van der Waals surface area contributed by atoms with Crippen molar-refractivity contribution < 1.29 is 32.9 Å². The molecule has 2 rings (SSSR count). The molecule has 0 aliphatic rings. The summed E-state index contributed by atoms with van der Waals surface area (Å²) in [7, 11) is 1.46. The van der Waals surface area contributed by atoms with E-state index in [1.54, 1.807) is 24.3 Å². The number of benzene rings is 2. The van der Waals surface area contributed by atoms with E-state index >= 15 is 0 Å². The van der Waals surface area contributed by atoms with Gasteiger partial charge >= 0.3 is 12.1 Å². The number of nitrogens with two attached hydrogens (primary N) is 1. The molecule has 5 nitrogen and oxygen atoms in total. The van der Waals surface area contributed by atoms with Crippen LogP contribution in [-0.4, -0.2) is 29.9 Å². The van der Waals surface area contributed by atoms with Crippen LogP contribution in [0.4, 0.5) is 18.9 Å². The molecule has 2 aromatic rings. The topological polar surface area (TPSA) is 92.8 Å². The average Bonchev–Trinajstić information content (AvgIpc) is 2.61. The third-order valence-corrected chi connectivity index (χ3v) is 4.49. The van der Waals surface area contributed by atoms with Crippen molar-refractivity contribution in [2.75, 3.05) is 19.5 Å². The molecule has 0 heterocycles. The Bertz CT molecular complexity index is 791. The van der Waals surface area contributed by atoms with Gasteiger partial charge in [0.2, 0.25) is 0 Å². The van der Waals surface area contributed by atoms with Crippen molar-refractivity contribution in [3.63, 3.8) is 0 Å². The van der Waals surface area contributed by atoms with Crippen LogP contribution in [0.1, 0.15) is 22.6 Å². The predicted octanol–water partition coefficient (Wildman–Crippen LogP) is 3.32. The quantitative estimate of drug-likeness (QED) is 0.638. The molecular weight excluding hydrogens is 363 g/mol. The molecular formula is C19H20F3NO4. The van der Waals surface area contributed by atoms with Gasteiger partial charge in [-0.3, -0.25) is 4.79 Å². The van der Waals surface area contributed by atoms with Gasteiger partial charge in [0.05, 0.1) is 25.2 Å². The van der Waals surface area contributed by atoms with Gasteiger partial charge in [-0.15, -0.1) is 0 Å². The highest BCUT2D eigenvalue weighted by Crippen LogP contribution is 2.39. The summed E-state index contributed by atoms with van der Waals surface area (Å²) in [6, 6.07) is 9.75. The molecule has 0 spiro atoms. The number of carbonyl (C=O) groups is 1. The van der Waals surface area contributed by atoms with Crippen molar-refractivity contribution in [3.8, 4) is 5.75 Å². The van der Waals surface area contributed by atoms with E-state index in [0.717, 1.165) is 6.07 Å². The maximum atomic E-state index is 13.4. The molecule has 0 aliphatic carbocycles. The van der Waals surface area contributed by atoms with Crippen molar-refractivity contribution in [2.24, 2.45) is 5.92 Å². The Labute approximate surface area is 154 Å². The molecule has 0 amide bonds. The summed E-state index contributed by atoms with van der Waals surface area (Å²) in [5.41, 5.74) is 5.06. The van der Waals surface area contributed by atoms with Crippen molar-refractivity contribution in [2.45, 2.75) is 18.5 Å². The zero-order valence-corrected chi connectivity index (χ0v) is 14.5. The number of hydrogen-bond acceptors (Lipinski definition) is 4. The average molecular weight is 383 g/mol. The minimum absolute atomic E-state index is 0.0783. The number of rotatable bonds is 7. The second-order valence-electron chi connectivity index (χ2n) is 6.08. The van der Waals surface area contributed by atoms with Crippen LogP contribution in [0.2, 0.25) is 0 Å². The second-order valence-corrected chi connectivity index (χ2v) is 6.08. The Morgan fingerprint density at radius 3 is 2.30 bits per heavy atom. The van der Waals surface area contributed by atoms with E-state index in [-0.39, 0.29) is 17.7 Å². The maximum absolute atomic E-state index is 13.4. The molecule has 8 heteroatoms. The molecule has 0 saturated carbocycles. The number of methoxy groups -OCH3 is 1. The fourth-order valence-electron chi connectivity index (χ4n) is 3.04. The van der Waals surface area contributed by atoms with Crippen LogP contribution in [-0.2, 0) is 17.4 Å². The van der Waals surface area contributed by atoms with E-state index in [0.29, 0.717) is 11.3 Å². The predicted molar refractivity (Wildman–Crippen MR) is 93.5 cm³/mol. The number of hydrogen-bond donors (Lipinski definition) is 3. The highest BCUT2D eigenvalue weighted by atomic mass is 19.4. The van der Waals surface area contributed by atoms with Crippen LogP contribution < -0.4 is 10.5 Å². The molecule has 0 aromatic heterocycles. The van der Waals surface area contributed by atoms with Crippen molar-refractivity contribution in [3.05, 3.63) is 59.2 Å². The first-order valence-electron chi connectivity index (χ1n) is 8.11. The SMILES string of the molecule is COc1ccc(C(Cc2c(N)cccc2C(F)(F)F)C(CO)C(=O)O)cc1. The number of nitrogen functional groups attached to an aromatic ring is 1. The van der Waals surface area contributed by atoms with Gasteiger partial charge in [-0.25, -0.2) is 0 Å². The number of halogens is 3. The molecule has 27 heavy (non-hydrogen) atoms. The molecule has 0 saturated heterocycles. The van der Waals surface area contributed by atoms with Gasteiger partial charge in [-0.05, 0) is 41.8 Å². The normalized spacial score (nSPS) is 13.8. The van der Waals surface area contributed by atoms with E-state index < -0.39 is 36.2 Å². The molecule has 0 aliphatic heterocycles. The smallest absolute Gasteiger partial charge is 0.416 e. The molecule has 0 radical (unpaired) electrons. The summed E-state index contributed by atoms with van der Waals surface area (Å²) in [5, 5.41) is 19.0. The standard InChI is InChI=1S/C19H20F3NO4/c1-27-12-7-5-11(6-8-12)13(15(10-24)18(25)26)9-14-16(19(20,21)22)3-2-4-17(14)23/h2-8,13,15,24H,9-10,23H2,1H3,(H,25,26). The molecule has 2 atom stereocenters. The molecule has 146 valence electrons. The zero-order chi connectivity index (χ0) is 20.2. The Hall–Kier alpha value is -2.74. The Kier molecular flexibility index (Phi) is 6.32. The molecule has 4 N–H and O–H groups in total. The fraction of sp³-hybridized carbons (Fsp3) is 0.316. The van der Waals surface area contributed by atoms with Gasteiger partial charge in [0.25, 0.3) is 0 Å². The van der Waals surface area contributed by atoms with Crippen molar-refractivity contribution >= 4 is 11.7 Å². The number of alkyl halides is 3. The third kappa shape index (κ3) is 4.71. The first-order valence-corrected chi connectivity index (χ1v) is 8.11. The summed E-state index contributed by atoms with van der Waals surface area (Å²) in [5.74, 6) is -2.99. The summed E-state index contributed by atoms with van der Waals surface area (Å²) in [6.07, 6.45) is -4.92. The van der Waals surface area contributed by atoms with Gasteiger partial charge in [0, 0.05) is 11.6 Å². The van der Waals surface area contributed by atoms with E-state index in [9.17, 15) is 28.2 Å². The first kappa shape index (κ1) is 20.6. The molecule has 0 bridgehead atoms. The first-order chi connectivity index (χ1) is 12.7.